The Morgan fingerprint density at radius 2 is 1.81 bits per heavy atom. The van der Waals surface area contributed by atoms with Gasteiger partial charge >= 0.3 is 0 Å². The fraction of sp³-hybridized carbons (Fsp3) is 0.800. The second kappa shape index (κ2) is 6.91. The van der Waals surface area contributed by atoms with Crippen LogP contribution in [0, 0.1) is 5.92 Å². The number of rotatable bonds is 6. The highest BCUT2D eigenvalue weighted by Gasteiger charge is 2.21. The SMILES string of the molecule is CCNc1nc(N2CCCC2)nc(N(C)C(C)C(C)C)n1. The maximum Gasteiger partial charge on any atom is 0.231 e. The summed E-state index contributed by atoms with van der Waals surface area (Å²) in [5.41, 5.74) is 0. The Labute approximate surface area is 128 Å². The minimum atomic E-state index is 0.383. The molecule has 1 unspecified atom stereocenters. The lowest BCUT2D eigenvalue weighted by atomic mass is 10.1. The van der Waals surface area contributed by atoms with Gasteiger partial charge in [-0.15, -0.1) is 0 Å². The van der Waals surface area contributed by atoms with Gasteiger partial charge in [0.1, 0.15) is 0 Å². The largest absolute Gasteiger partial charge is 0.354 e. The van der Waals surface area contributed by atoms with Crippen LogP contribution in [0.2, 0.25) is 0 Å². The first-order chi connectivity index (χ1) is 10.0. The van der Waals surface area contributed by atoms with E-state index in [0.717, 1.165) is 31.5 Å². The summed E-state index contributed by atoms with van der Waals surface area (Å²) in [6.07, 6.45) is 2.44. The van der Waals surface area contributed by atoms with E-state index in [4.69, 9.17) is 4.98 Å². The number of anilines is 3. The first-order valence-electron chi connectivity index (χ1n) is 8.00. The van der Waals surface area contributed by atoms with Gasteiger partial charge in [-0.05, 0) is 32.6 Å². The van der Waals surface area contributed by atoms with Crippen LogP contribution < -0.4 is 15.1 Å². The molecule has 1 aliphatic heterocycles. The van der Waals surface area contributed by atoms with Gasteiger partial charge in [-0.25, -0.2) is 0 Å². The highest BCUT2D eigenvalue weighted by atomic mass is 15.4. The van der Waals surface area contributed by atoms with Gasteiger partial charge < -0.3 is 15.1 Å². The Kier molecular flexibility index (Phi) is 5.20. The van der Waals surface area contributed by atoms with E-state index in [0.29, 0.717) is 17.9 Å². The second-order valence-electron chi connectivity index (χ2n) is 6.08. The highest BCUT2D eigenvalue weighted by Crippen LogP contribution is 2.22. The van der Waals surface area contributed by atoms with Crippen LogP contribution in [0.25, 0.3) is 0 Å². The lowest BCUT2D eigenvalue weighted by molar-refractivity contribution is 0.499. The number of aromatic nitrogens is 3. The fourth-order valence-electron chi connectivity index (χ4n) is 2.44. The van der Waals surface area contributed by atoms with Crippen molar-refractivity contribution in [3.05, 3.63) is 0 Å². The normalized spacial score (nSPS) is 16.4. The molecule has 0 aromatic carbocycles. The van der Waals surface area contributed by atoms with Crippen molar-refractivity contribution in [2.75, 3.05) is 41.8 Å². The van der Waals surface area contributed by atoms with E-state index in [-0.39, 0.29) is 0 Å². The van der Waals surface area contributed by atoms with Gasteiger partial charge in [-0.3, -0.25) is 0 Å². The monoisotopic (exact) mass is 292 g/mol. The topological polar surface area (TPSA) is 57.2 Å². The number of hydrogen-bond donors (Lipinski definition) is 1. The summed E-state index contributed by atoms with van der Waals surface area (Å²) in [7, 11) is 2.06. The Bertz CT molecular complexity index is 455. The van der Waals surface area contributed by atoms with Crippen molar-refractivity contribution in [3.63, 3.8) is 0 Å². The van der Waals surface area contributed by atoms with Crippen molar-refractivity contribution in [3.8, 4) is 0 Å². The van der Waals surface area contributed by atoms with Crippen LogP contribution in [-0.4, -0.2) is 47.7 Å². The molecule has 0 bridgehead atoms. The maximum absolute atomic E-state index is 4.69. The van der Waals surface area contributed by atoms with Crippen LogP contribution in [0.1, 0.15) is 40.5 Å². The third-order valence-electron chi connectivity index (χ3n) is 4.23. The van der Waals surface area contributed by atoms with Gasteiger partial charge in [-0.1, -0.05) is 13.8 Å². The molecular formula is C15H28N6. The Morgan fingerprint density at radius 1 is 1.14 bits per heavy atom. The lowest BCUT2D eigenvalue weighted by Gasteiger charge is -2.29. The second-order valence-corrected chi connectivity index (χ2v) is 6.08. The maximum atomic E-state index is 4.69. The number of nitrogens with one attached hydrogen (secondary N) is 1. The lowest BCUT2D eigenvalue weighted by Crippen LogP contribution is -2.35. The highest BCUT2D eigenvalue weighted by molar-refractivity contribution is 5.45. The smallest absolute Gasteiger partial charge is 0.231 e. The first-order valence-corrected chi connectivity index (χ1v) is 8.00. The first kappa shape index (κ1) is 15.8. The van der Waals surface area contributed by atoms with Crippen LogP contribution in [0.4, 0.5) is 17.8 Å². The van der Waals surface area contributed by atoms with Gasteiger partial charge in [-0.2, -0.15) is 15.0 Å². The van der Waals surface area contributed by atoms with Gasteiger partial charge in [0.15, 0.2) is 0 Å². The molecule has 0 saturated carbocycles. The quantitative estimate of drug-likeness (QED) is 0.869. The molecule has 6 heteroatoms. The molecule has 1 aromatic heterocycles. The molecule has 0 aliphatic carbocycles. The number of nitrogens with zero attached hydrogens (tertiary/aromatic N) is 5. The van der Waals surface area contributed by atoms with Crippen molar-refractivity contribution in [1.29, 1.82) is 0 Å². The van der Waals surface area contributed by atoms with E-state index < -0.39 is 0 Å². The minimum absolute atomic E-state index is 0.383. The molecule has 0 amide bonds. The van der Waals surface area contributed by atoms with Crippen LogP contribution in [0.5, 0.6) is 0 Å². The Hall–Kier alpha value is -1.59. The molecule has 1 atom stereocenters. The molecule has 1 fully saturated rings. The third-order valence-corrected chi connectivity index (χ3v) is 4.23. The van der Waals surface area contributed by atoms with Crippen molar-refractivity contribution >= 4 is 17.8 Å². The summed E-state index contributed by atoms with van der Waals surface area (Å²) in [6, 6.07) is 0.383. The summed E-state index contributed by atoms with van der Waals surface area (Å²) in [5, 5.41) is 3.22. The van der Waals surface area contributed by atoms with Crippen LogP contribution in [0.3, 0.4) is 0 Å². The molecule has 118 valence electrons. The average Bonchev–Trinajstić information content (AvgIpc) is 3.00. The standard InChI is InChI=1S/C15H28N6/c1-6-16-13-17-14(20(5)12(4)11(2)3)19-15(18-13)21-9-7-8-10-21/h11-12H,6-10H2,1-5H3,(H,16,17,18,19). The molecule has 2 heterocycles. The molecule has 1 saturated heterocycles. The van der Waals surface area contributed by atoms with Crippen LogP contribution >= 0.6 is 0 Å². The van der Waals surface area contributed by atoms with Crippen LogP contribution in [-0.2, 0) is 0 Å². The van der Waals surface area contributed by atoms with Gasteiger partial charge in [0.25, 0.3) is 0 Å². The fourth-order valence-corrected chi connectivity index (χ4v) is 2.44. The Balaban J connectivity index is 2.30. The summed E-state index contributed by atoms with van der Waals surface area (Å²) in [6.45, 7) is 11.6. The summed E-state index contributed by atoms with van der Waals surface area (Å²) in [5.74, 6) is 2.78. The summed E-state index contributed by atoms with van der Waals surface area (Å²) in [4.78, 5) is 18.2. The predicted molar refractivity (Wildman–Crippen MR) is 88.1 cm³/mol. The average molecular weight is 292 g/mol. The third kappa shape index (κ3) is 3.74. The van der Waals surface area contributed by atoms with Crippen LogP contribution in [0.15, 0.2) is 0 Å². The van der Waals surface area contributed by atoms with Crippen molar-refractivity contribution in [2.24, 2.45) is 5.92 Å². The zero-order valence-corrected chi connectivity index (χ0v) is 13.9. The molecule has 0 spiro atoms. The zero-order valence-electron chi connectivity index (χ0n) is 13.9. The van der Waals surface area contributed by atoms with E-state index in [1.165, 1.54) is 12.8 Å². The van der Waals surface area contributed by atoms with E-state index in [1.54, 1.807) is 0 Å². The van der Waals surface area contributed by atoms with E-state index in [9.17, 15) is 0 Å². The number of hydrogen-bond acceptors (Lipinski definition) is 6. The molecule has 2 rings (SSSR count). The molecular weight excluding hydrogens is 264 g/mol. The minimum Gasteiger partial charge on any atom is -0.354 e. The summed E-state index contributed by atoms with van der Waals surface area (Å²) < 4.78 is 0. The molecule has 6 nitrogen and oxygen atoms in total. The molecule has 0 radical (unpaired) electrons. The van der Waals surface area contributed by atoms with Gasteiger partial charge in [0.2, 0.25) is 17.8 Å². The molecule has 1 aromatic rings. The van der Waals surface area contributed by atoms with Crippen molar-refractivity contribution < 1.29 is 0 Å². The molecule has 1 N–H and O–H groups in total. The molecule has 21 heavy (non-hydrogen) atoms. The van der Waals surface area contributed by atoms with E-state index in [2.05, 4.69) is 59.8 Å². The zero-order chi connectivity index (χ0) is 15.4. The molecule has 1 aliphatic rings. The van der Waals surface area contributed by atoms with Crippen molar-refractivity contribution in [1.82, 2.24) is 15.0 Å². The van der Waals surface area contributed by atoms with Crippen molar-refractivity contribution in [2.45, 2.75) is 46.6 Å². The van der Waals surface area contributed by atoms with E-state index >= 15 is 0 Å². The van der Waals surface area contributed by atoms with Gasteiger partial charge in [0.05, 0.1) is 0 Å². The summed E-state index contributed by atoms with van der Waals surface area (Å²) >= 11 is 0. The van der Waals surface area contributed by atoms with E-state index in [1.807, 2.05) is 0 Å². The van der Waals surface area contributed by atoms with Gasteiger partial charge in [0, 0.05) is 32.7 Å². The Morgan fingerprint density at radius 3 is 2.38 bits per heavy atom. The predicted octanol–water partition coefficient (Wildman–Crippen LogP) is 2.38.